The van der Waals surface area contributed by atoms with Crippen LogP contribution in [0.4, 0.5) is 5.95 Å². The fourth-order valence-electron chi connectivity index (χ4n) is 5.80. The fraction of sp³-hybridized carbons (Fsp3) is 0.571. The highest BCUT2D eigenvalue weighted by molar-refractivity contribution is 6.33. The zero-order chi connectivity index (χ0) is 26.0. The molecule has 2 fully saturated rings. The van der Waals surface area contributed by atoms with Crippen LogP contribution < -0.4 is 10.6 Å². The van der Waals surface area contributed by atoms with E-state index in [1.165, 1.54) is 19.3 Å². The first-order valence-electron chi connectivity index (χ1n) is 13.4. The highest BCUT2D eigenvalue weighted by Crippen LogP contribution is 2.33. The largest absolute Gasteiger partial charge is 0.381 e. The van der Waals surface area contributed by atoms with Crippen LogP contribution in [0.3, 0.4) is 0 Å². The molecule has 2 aromatic rings. The molecule has 3 heterocycles. The molecule has 1 aromatic heterocycles. The van der Waals surface area contributed by atoms with Gasteiger partial charge in [0.25, 0.3) is 5.91 Å². The van der Waals surface area contributed by atoms with Crippen LogP contribution in [0.15, 0.2) is 24.4 Å². The highest BCUT2D eigenvalue weighted by atomic mass is 35.5. The van der Waals surface area contributed by atoms with Gasteiger partial charge in [0.15, 0.2) is 0 Å². The molecular formula is C28H36ClN5O3. The van der Waals surface area contributed by atoms with Gasteiger partial charge in [0.2, 0.25) is 11.9 Å². The molecule has 37 heavy (non-hydrogen) atoms. The Morgan fingerprint density at radius 3 is 2.68 bits per heavy atom. The van der Waals surface area contributed by atoms with Crippen LogP contribution in [0.5, 0.6) is 0 Å². The first kappa shape index (κ1) is 25.9. The average molecular weight is 526 g/mol. The predicted octanol–water partition coefficient (Wildman–Crippen LogP) is 4.82. The van der Waals surface area contributed by atoms with Crippen molar-refractivity contribution in [1.29, 1.82) is 0 Å². The molecule has 198 valence electrons. The molecule has 2 amide bonds. The summed E-state index contributed by atoms with van der Waals surface area (Å²) in [5, 5.41) is 6.99. The van der Waals surface area contributed by atoms with Crippen LogP contribution in [-0.4, -0.2) is 58.0 Å². The number of fused-ring (bicyclic) bond motifs is 1. The molecule has 1 saturated carbocycles. The smallest absolute Gasteiger partial charge is 0.254 e. The van der Waals surface area contributed by atoms with Crippen molar-refractivity contribution in [3.63, 3.8) is 0 Å². The van der Waals surface area contributed by atoms with E-state index in [1.54, 1.807) is 11.1 Å². The van der Waals surface area contributed by atoms with E-state index in [-0.39, 0.29) is 29.9 Å². The monoisotopic (exact) mass is 525 g/mol. The van der Waals surface area contributed by atoms with E-state index in [9.17, 15) is 9.59 Å². The van der Waals surface area contributed by atoms with Gasteiger partial charge in [-0.15, -0.1) is 0 Å². The molecule has 0 radical (unpaired) electrons. The second-order valence-corrected chi connectivity index (χ2v) is 11.5. The number of carbonyl (C=O) groups excluding carboxylic acids is 2. The van der Waals surface area contributed by atoms with E-state index in [2.05, 4.69) is 34.4 Å². The molecule has 0 spiro atoms. The van der Waals surface area contributed by atoms with Crippen molar-refractivity contribution in [2.24, 2.45) is 5.92 Å². The maximum atomic E-state index is 13.3. The van der Waals surface area contributed by atoms with E-state index >= 15 is 0 Å². The van der Waals surface area contributed by atoms with Gasteiger partial charge in [0.1, 0.15) is 6.54 Å². The fourth-order valence-corrected chi connectivity index (χ4v) is 6.00. The van der Waals surface area contributed by atoms with Gasteiger partial charge >= 0.3 is 0 Å². The van der Waals surface area contributed by atoms with Gasteiger partial charge in [-0.3, -0.25) is 9.59 Å². The third-order valence-corrected chi connectivity index (χ3v) is 8.26. The van der Waals surface area contributed by atoms with Crippen molar-refractivity contribution in [3.05, 3.63) is 40.5 Å². The van der Waals surface area contributed by atoms with Gasteiger partial charge in [-0.1, -0.05) is 43.0 Å². The number of carbonyl (C=O) groups is 2. The SMILES string of the molecule is CC(C)(NC(=O)CN1Cc2ccc(-c3nc(NC4CCOCC4)ncc3Cl)cc2C1=O)C1CCCCC1. The molecule has 1 saturated heterocycles. The third-order valence-electron chi connectivity index (χ3n) is 7.98. The van der Waals surface area contributed by atoms with Crippen LogP contribution in [0.1, 0.15) is 74.7 Å². The minimum absolute atomic E-state index is 0.0480. The molecular weight excluding hydrogens is 490 g/mol. The number of hydrogen-bond donors (Lipinski definition) is 2. The van der Waals surface area contributed by atoms with Crippen LogP contribution in [0, 0.1) is 5.92 Å². The zero-order valence-corrected chi connectivity index (χ0v) is 22.4. The first-order chi connectivity index (χ1) is 17.8. The molecule has 2 N–H and O–H groups in total. The highest BCUT2D eigenvalue weighted by Gasteiger charge is 2.34. The molecule has 9 heteroatoms. The van der Waals surface area contributed by atoms with Crippen molar-refractivity contribution in [2.75, 3.05) is 25.1 Å². The summed E-state index contributed by atoms with van der Waals surface area (Å²) in [6, 6.07) is 5.94. The molecule has 0 bridgehead atoms. The summed E-state index contributed by atoms with van der Waals surface area (Å²) in [7, 11) is 0. The number of anilines is 1. The number of rotatable bonds is 7. The Morgan fingerprint density at radius 2 is 1.92 bits per heavy atom. The van der Waals surface area contributed by atoms with Crippen molar-refractivity contribution in [2.45, 2.75) is 76.9 Å². The van der Waals surface area contributed by atoms with Gasteiger partial charge in [-0.25, -0.2) is 9.97 Å². The van der Waals surface area contributed by atoms with Crippen LogP contribution in [-0.2, 0) is 16.1 Å². The topological polar surface area (TPSA) is 96.5 Å². The number of amides is 2. The van der Waals surface area contributed by atoms with E-state index in [0.717, 1.165) is 50.0 Å². The Hall–Kier alpha value is -2.71. The molecule has 5 rings (SSSR count). The maximum absolute atomic E-state index is 13.3. The van der Waals surface area contributed by atoms with E-state index in [0.29, 0.717) is 34.7 Å². The number of halogens is 1. The number of nitrogens with zero attached hydrogens (tertiary/aromatic N) is 3. The lowest BCUT2D eigenvalue weighted by Crippen LogP contribution is -2.52. The Kier molecular flexibility index (Phi) is 7.67. The first-order valence-corrected chi connectivity index (χ1v) is 13.8. The molecule has 8 nitrogen and oxygen atoms in total. The van der Waals surface area contributed by atoms with Crippen LogP contribution in [0.2, 0.25) is 5.02 Å². The Balaban J connectivity index is 1.26. The quantitative estimate of drug-likeness (QED) is 0.538. The molecule has 1 aromatic carbocycles. The summed E-state index contributed by atoms with van der Waals surface area (Å²) >= 11 is 6.46. The number of benzene rings is 1. The number of aromatic nitrogens is 2. The zero-order valence-electron chi connectivity index (χ0n) is 21.7. The average Bonchev–Trinajstić information content (AvgIpc) is 3.20. The molecule has 3 aliphatic rings. The van der Waals surface area contributed by atoms with Gasteiger partial charge in [-0.2, -0.15) is 0 Å². The van der Waals surface area contributed by atoms with Gasteiger partial charge in [0.05, 0.1) is 16.9 Å². The van der Waals surface area contributed by atoms with Crippen LogP contribution >= 0.6 is 11.6 Å². The summed E-state index contributed by atoms with van der Waals surface area (Å²) in [6.45, 7) is 6.11. The normalized spacial score (nSPS) is 19.1. The number of nitrogens with one attached hydrogen (secondary N) is 2. The van der Waals surface area contributed by atoms with Crippen molar-refractivity contribution < 1.29 is 14.3 Å². The lowest BCUT2D eigenvalue weighted by Gasteiger charge is -2.38. The second kappa shape index (κ2) is 11.0. The molecule has 0 atom stereocenters. The summed E-state index contributed by atoms with van der Waals surface area (Å²) in [5.41, 5.74) is 2.54. The molecule has 1 aliphatic carbocycles. The summed E-state index contributed by atoms with van der Waals surface area (Å²) in [6.07, 6.45) is 9.38. The van der Waals surface area contributed by atoms with E-state index in [1.807, 2.05) is 18.2 Å². The second-order valence-electron chi connectivity index (χ2n) is 11.1. The van der Waals surface area contributed by atoms with Crippen molar-refractivity contribution >= 4 is 29.4 Å². The number of ether oxygens (including phenoxy) is 1. The van der Waals surface area contributed by atoms with Gasteiger partial charge in [-0.05, 0) is 57.1 Å². The minimum Gasteiger partial charge on any atom is -0.381 e. The maximum Gasteiger partial charge on any atom is 0.254 e. The molecule has 2 aliphatic heterocycles. The van der Waals surface area contributed by atoms with Gasteiger partial charge in [0, 0.05) is 42.5 Å². The summed E-state index contributed by atoms with van der Waals surface area (Å²) in [5.74, 6) is 0.729. The van der Waals surface area contributed by atoms with E-state index in [4.69, 9.17) is 16.3 Å². The third kappa shape index (κ3) is 5.91. The summed E-state index contributed by atoms with van der Waals surface area (Å²) in [4.78, 5) is 36.8. The standard InChI is InChI=1S/C28H36ClN5O3/c1-28(2,20-6-4-3-5-7-20)33-24(35)17-34-16-19-9-8-18(14-22(19)26(34)36)25-23(29)15-30-27(32-25)31-21-10-12-37-13-11-21/h8-9,14-15,20-21H,3-7,10-13,16-17H2,1-2H3,(H,33,35)(H,30,31,32). The minimum atomic E-state index is -0.277. The lowest BCUT2D eigenvalue weighted by atomic mass is 9.76. The number of hydrogen-bond acceptors (Lipinski definition) is 6. The predicted molar refractivity (Wildman–Crippen MR) is 143 cm³/mol. The Labute approximate surface area is 223 Å². The molecule has 0 unspecified atom stereocenters. The lowest BCUT2D eigenvalue weighted by molar-refractivity contribution is -0.124. The van der Waals surface area contributed by atoms with Crippen molar-refractivity contribution in [3.8, 4) is 11.3 Å². The Morgan fingerprint density at radius 1 is 1.16 bits per heavy atom. The summed E-state index contributed by atoms with van der Waals surface area (Å²) < 4.78 is 5.42. The van der Waals surface area contributed by atoms with Crippen molar-refractivity contribution in [1.82, 2.24) is 20.2 Å². The van der Waals surface area contributed by atoms with E-state index < -0.39 is 0 Å². The van der Waals surface area contributed by atoms with Crippen LogP contribution in [0.25, 0.3) is 11.3 Å². The van der Waals surface area contributed by atoms with Gasteiger partial charge < -0.3 is 20.3 Å². The Bertz CT molecular complexity index is 1160.